The summed E-state index contributed by atoms with van der Waals surface area (Å²) in [6, 6.07) is 7.38. The van der Waals surface area contributed by atoms with Crippen molar-refractivity contribution in [1.29, 1.82) is 0 Å². The van der Waals surface area contributed by atoms with Crippen molar-refractivity contribution in [3.63, 3.8) is 0 Å². The van der Waals surface area contributed by atoms with Crippen LogP contribution in [0.1, 0.15) is 76.9 Å². The standard InChI is InChI=1S/C23H32N4O4/c1-3-16-30-19-11-7-6-10-18(19)24-20(29)12-13-21-25-22(27-31-21)23(26-17(2)28)14-8-4-5-9-15-23/h6-7,10-11H,3-5,8-9,12-16H2,1-2H3,(H,24,29)(H,26,28). The maximum absolute atomic E-state index is 12.5. The van der Waals surface area contributed by atoms with E-state index >= 15 is 0 Å². The molecule has 8 heteroatoms. The predicted octanol–water partition coefficient (Wildman–Crippen LogP) is 4.12. The van der Waals surface area contributed by atoms with E-state index in [1.807, 2.05) is 31.2 Å². The van der Waals surface area contributed by atoms with Crippen molar-refractivity contribution >= 4 is 17.5 Å². The number of carbonyl (C=O) groups is 2. The highest BCUT2D eigenvalue weighted by molar-refractivity contribution is 5.92. The maximum atomic E-state index is 12.5. The molecule has 0 radical (unpaired) electrons. The smallest absolute Gasteiger partial charge is 0.227 e. The molecule has 0 aliphatic heterocycles. The molecule has 0 unspecified atom stereocenters. The molecule has 0 saturated heterocycles. The van der Waals surface area contributed by atoms with Crippen molar-refractivity contribution in [2.24, 2.45) is 0 Å². The minimum absolute atomic E-state index is 0.100. The van der Waals surface area contributed by atoms with Gasteiger partial charge in [-0.3, -0.25) is 9.59 Å². The molecule has 0 atom stereocenters. The molecule has 2 aromatic rings. The van der Waals surface area contributed by atoms with Crippen LogP contribution in [0.4, 0.5) is 5.69 Å². The van der Waals surface area contributed by atoms with Crippen LogP contribution in [0.25, 0.3) is 0 Å². The topological polar surface area (TPSA) is 106 Å². The summed E-state index contributed by atoms with van der Waals surface area (Å²) in [5, 5.41) is 10.1. The van der Waals surface area contributed by atoms with Crippen LogP contribution in [-0.4, -0.2) is 28.6 Å². The van der Waals surface area contributed by atoms with Gasteiger partial charge in [0, 0.05) is 19.8 Å². The van der Waals surface area contributed by atoms with Gasteiger partial charge in [-0.1, -0.05) is 49.9 Å². The summed E-state index contributed by atoms with van der Waals surface area (Å²) in [7, 11) is 0. The van der Waals surface area contributed by atoms with Gasteiger partial charge in [-0.2, -0.15) is 4.98 Å². The third-order valence-corrected chi connectivity index (χ3v) is 5.46. The zero-order valence-electron chi connectivity index (χ0n) is 18.4. The quantitative estimate of drug-likeness (QED) is 0.582. The normalized spacial score (nSPS) is 15.7. The first kappa shape index (κ1) is 22.8. The molecule has 1 saturated carbocycles. The first-order valence-corrected chi connectivity index (χ1v) is 11.2. The fraction of sp³-hybridized carbons (Fsp3) is 0.565. The lowest BCUT2D eigenvalue weighted by Gasteiger charge is -2.30. The van der Waals surface area contributed by atoms with Crippen LogP contribution in [0.3, 0.4) is 0 Å². The van der Waals surface area contributed by atoms with Gasteiger partial charge in [0.1, 0.15) is 11.3 Å². The minimum atomic E-state index is -0.581. The number of aromatic nitrogens is 2. The van der Waals surface area contributed by atoms with Crippen LogP contribution in [0.2, 0.25) is 0 Å². The summed E-state index contributed by atoms with van der Waals surface area (Å²) in [6.45, 7) is 4.14. The van der Waals surface area contributed by atoms with Crippen LogP contribution in [0.15, 0.2) is 28.8 Å². The Bertz CT molecular complexity index is 872. The number of hydrogen-bond donors (Lipinski definition) is 2. The molecule has 1 heterocycles. The van der Waals surface area contributed by atoms with Crippen molar-refractivity contribution in [3.05, 3.63) is 36.0 Å². The highest BCUT2D eigenvalue weighted by Crippen LogP contribution is 2.34. The zero-order chi connectivity index (χ0) is 22.1. The fourth-order valence-corrected chi connectivity index (χ4v) is 3.97. The first-order chi connectivity index (χ1) is 15.0. The molecular weight excluding hydrogens is 396 g/mol. The zero-order valence-corrected chi connectivity index (χ0v) is 18.4. The highest BCUT2D eigenvalue weighted by atomic mass is 16.5. The number of aryl methyl sites for hydroxylation is 1. The summed E-state index contributed by atoms with van der Waals surface area (Å²) in [6.07, 6.45) is 7.29. The Morgan fingerprint density at radius 3 is 2.61 bits per heavy atom. The number of hydrogen-bond acceptors (Lipinski definition) is 6. The second kappa shape index (κ2) is 10.9. The molecule has 1 aromatic heterocycles. The van der Waals surface area contributed by atoms with Gasteiger partial charge < -0.3 is 19.9 Å². The first-order valence-electron chi connectivity index (χ1n) is 11.2. The third-order valence-electron chi connectivity index (χ3n) is 5.46. The molecule has 1 aliphatic rings. The van der Waals surface area contributed by atoms with E-state index in [0.717, 1.165) is 44.9 Å². The lowest BCUT2D eigenvalue weighted by Crippen LogP contribution is -2.45. The Kier molecular flexibility index (Phi) is 8.03. The van der Waals surface area contributed by atoms with Gasteiger partial charge in [0.2, 0.25) is 17.7 Å². The van der Waals surface area contributed by atoms with Crippen molar-refractivity contribution in [2.75, 3.05) is 11.9 Å². The van der Waals surface area contributed by atoms with Gasteiger partial charge in [-0.05, 0) is 31.4 Å². The lowest BCUT2D eigenvalue weighted by molar-refractivity contribution is -0.121. The van der Waals surface area contributed by atoms with E-state index < -0.39 is 5.54 Å². The van der Waals surface area contributed by atoms with E-state index in [1.165, 1.54) is 6.92 Å². The molecule has 0 spiro atoms. The molecule has 31 heavy (non-hydrogen) atoms. The summed E-state index contributed by atoms with van der Waals surface area (Å²) < 4.78 is 11.1. The molecule has 2 N–H and O–H groups in total. The summed E-state index contributed by atoms with van der Waals surface area (Å²) in [5.41, 5.74) is 0.0669. The number of para-hydroxylation sites is 2. The predicted molar refractivity (Wildman–Crippen MR) is 117 cm³/mol. The molecule has 1 fully saturated rings. The van der Waals surface area contributed by atoms with Gasteiger partial charge in [0.15, 0.2) is 5.82 Å². The van der Waals surface area contributed by atoms with Crippen LogP contribution >= 0.6 is 0 Å². The highest BCUT2D eigenvalue weighted by Gasteiger charge is 2.38. The Hall–Kier alpha value is -2.90. The van der Waals surface area contributed by atoms with Crippen LogP contribution in [0, 0.1) is 0 Å². The minimum Gasteiger partial charge on any atom is -0.491 e. The van der Waals surface area contributed by atoms with Crippen molar-refractivity contribution in [3.8, 4) is 5.75 Å². The van der Waals surface area contributed by atoms with Crippen molar-refractivity contribution < 1.29 is 18.8 Å². The molecule has 0 bridgehead atoms. The Morgan fingerprint density at radius 2 is 1.90 bits per heavy atom. The monoisotopic (exact) mass is 428 g/mol. The van der Waals surface area contributed by atoms with Crippen LogP contribution in [-0.2, 0) is 21.5 Å². The van der Waals surface area contributed by atoms with E-state index in [2.05, 4.69) is 20.8 Å². The van der Waals surface area contributed by atoms with E-state index in [4.69, 9.17) is 9.26 Å². The summed E-state index contributed by atoms with van der Waals surface area (Å²) >= 11 is 0. The van der Waals surface area contributed by atoms with Crippen molar-refractivity contribution in [2.45, 2.75) is 77.2 Å². The molecule has 2 amide bonds. The largest absolute Gasteiger partial charge is 0.491 e. The van der Waals surface area contributed by atoms with Gasteiger partial charge in [-0.15, -0.1) is 0 Å². The average molecular weight is 429 g/mol. The number of nitrogens with zero attached hydrogens (tertiary/aromatic N) is 2. The van der Waals surface area contributed by atoms with Gasteiger partial charge >= 0.3 is 0 Å². The number of ether oxygens (including phenoxy) is 1. The van der Waals surface area contributed by atoms with E-state index in [-0.39, 0.29) is 18.2 Å². The Labute approximate surface area is 183 Å². The second-order valence-corrected chi connectivity index (χ2v) is 8.08. The van der Waals surface area contributed by atoms with Gasteiger partial charge in [-0.25, -0.2) is 0 Å². The van der Waals surface area contributed by atoms with Crippen molar-refractivity contribution in [1.82, 2.24) is 15.5 Å². The molecule has 8 nitrogen and oxygen atoms in total. The molecular formula is C23H32N4O4. The number of rotatable bonds is 9. The van der Waals surface area contributed by atoms with Crippen LogP contribution in [0.5, 0.6) is 5.75 Å². The van der Waals surface area contributed by atoms with E-state index in [9.17, 15) is 9.59 Å². The Morgan fingerprint density at radius 1 is 1.16 bits per heavy atom. The molecule has 1 aliphatic carbocycles. The van der Waals surface area contributed by atoms with E-state index in [1.54, 1.807) is 0 Å². The number of nitrogens with one attached hydrogen (secondary N) is 2. The molecule has 168 valence electrons. The van der Waals surface area contributed by atoms with Crippen LogP contribution < -0.4 is 15.4 Å². The maximum Gasteiger partial charge on any atom is 0.227 e. The SMILES string of the molecule is CCCOc1ccccc1NC(=O)CCc1nc(C2(NC(C)=O)CCCCCC2)no1. The Balaban J connectivity index is 1.62. The number of benzene rings is 1. The molecule has 1 aromatic carbocycles. The third kappa shape index (κ3) is 6.29. The number of carbonyl (C=O) groups excluding carboxylic acids is 2. The average Bonchev–Trinajstić information content (AvgIpc) is 3.11. The summed E-state index contributed by atoms with van der Waals surface area (Å²) in [4.78, 5) is 28.8. The fourth-order valence-electron chi connectivity index (χ4n) is 3.97. The van der Waals surface area contributed by atoms with E-state index in [0.29, 0.717) is 36.2 Å². The van der Waals surface area contributed by atoms with Gasteiger partial charge in [0.05, 0.1) is 12.3 Å². The number of amides is 2. The van der Waals surface area contributed by atoms with Gasteiger partial charge in [0.25, 0.3) is 0 Å². The number of anilines is 1. The molecule has 3 rings (SSSR count). The second-order valence-electron chi connectivity index (χ2n) is 8.08. The summed E-state index contributed by atoms with van der Waals surface area (Å²) in [5.74, 6) is 1.31. The lowest BCUT2D eigenvalue weighted by atomic mass is 9.89.